The van der Waals surface area contributed by atoms with Crippen molar-refractivity contribution < 1.29 is 47.8 Å². The molecule has 11 heteroatoms. The number of phosphoric ester groups is 1. The number of carbonyl (C=O) groups excluding carboxylic acids is 2. The second-order valence-corrected chi connectivity index (χ2v) is 15.8. The lowest BCUT2D eigenvalue weighted by atomic mass is 10.0. The third kappa shape index (κ3) is 37.0. The van der Waals surface area contributed by atoms with Crippen LogP contribution in [0.15, 0.2) is 12.2 Å². The number of hydrogen-bond acceptors (Lipinski definition) is 9. The second kappa shape index (κ2) is 38.0. The topological polar surface area (TPSA) is 149 Å². The van der Waals surface area contributed by atoms with Gasteiger partial charge in [-0.25, -0.2) is 4.57 Å². The first-order valence-electron chi connectivity index (χ1n) is 21.1. The number of rotatable bonds is 40. The van der Waals surface area contributed by atoms with Gasteiger partial charge in [-0.2, -0.15) is 0 Å². The molecule has 0 aliphatic heterocycles. The smallest absolute Gasteiger partial charge is 0.462 e. The summed E-state index contributed by atoms with van der Waals surface area (Å²) in [5, 5.41) is 18.3. The summed E-state index contributed by atoms with van der Waals surface area (Å²) in [7, 11) is -4.61. The van der Waals surface area contributed by atoms with Crippen LogP contribution < -0.4 is 0 Å². The Morgan fingerprint density at radius 3 is 1.44 bits per heavy atom. The Morgan fingerprint density at radius 2 is 0.962 bits per heavy atom. The third-order valence-electron chi connectivity index (χ3n) is 9.17. The van der Waals surface area contributed by atoms with E-state index in [1.807, 2.05) is 0 Å². The zero-order chi connectivity index (χ0) is 38.4. The summed E-state index contributed by atoms with van der Waals surface area (Å²) in [6.45, 7) is 2.35. The minimum atomic E-state index is -4.61. The largest absolute Gasteiger partial charge is 0.472 e. The Kier molecular flexibility index (Phi) is 37.1. The van der Waals surface area contributed by atoms with Gasteiger partial charge in [-0.05, 0) is 32.1 Å². The highest BCUT2D eigenvalue weighted by atomic mass is 31.2. The van der Waals surface area contributed by atoms with Gasteiger partial charge in [0.05, 0.1) is 19.8 Å². The first-order chi connectivity index (χ1) is 25.2. The van der Waals surface area contributed by atoms with E-state index in [2.05, 4.69) is 30.5 Å². The van der Waals surface area contributed by atoms with Crippen molar-refractivity contribution in [2.75, 3.05) is 26.4 Å². The van der Waals surface area contributed by atoms with E-state index in [1.165, 1.54) is 103 Å². The zero-order valence-corrected chi connectivity index (χ0v) is 34.2. The van der Waals surface area contributed by atoms with Gasteiger partial charge in [-0.1, -0.05) is 167 Å². The Morgan fingerprint density at radius 1 is 0.558 bits per heavy atom. The van der Waals surface area contributed by atoms with E-state index in [0.29, 0.717) is 12.8 Å². The fourth-order valence-electron chi connectivity index (χ4n) is 5.86. The Bertz CT molecular complexity index is 884. The van der Waals surface area contributed by atoms with Gasteiger partial charge in [0.1, 0.15) is 12.7 Å². The molecule has 0 aromatic heterocycles. The van der Waals surface area contributed by atoms with Crippen LogP contribution in [0.2, 0.25) is 0 Å². The molecular weight excluding hydrogens is 683 g/mol. The average Bonchev–Trinajstić information content (AvgIpc) is 3.13. The number of phosphoric acid groups is 1. The van der Waals surface area contributed by atoms with Crippen molar-refractivity contribution in [3.63, 3.8) is 0 Å². The number of aliphatic hydroxyl groups excluding tert-OH is 2. The van der Waals surface area contributed by atoms with Gasteiger partial charge >= 0.3 is 19.8 Å². The molecule has 0 amide bonds. The molecule has 52 heavy (non-hydrogen) atoms. The maximum absolute atomic E-state index is 12.5. The summed E-state index contributed by atoms with van der Waals surface area (Å²) >= 11 is 0. The predicted molar refractivity (Wildman–Crippen MR) is 210 cm³/mol. The first-order valence-corrected chi connectivity index (χ1v) is 22.6. The molecule has 1 unspecified atom stereocenters. The molecule has 0 saturated carbocycles. The van der Waals surface area contributed by atoms with Crippen molar-refractivity contribution in [2.24, 2.45) is 0 Å². The molecule has 0 saturated heterocycles. The molecule has 0 heterocycles. The number of aliphatic hydroxyl groups is 2. The Balaban J connectivity index is 4.22. The lowest BCUT2D eigenvalue weighted by Crippen LogP contribution is -2.29. The van der Waals surface area contributed by atoms with E-state index < -0.39 is 51.8 Å². The fraction of sp³-hybridized carbons (Fsp3) is 0.902. The van der Waals surface area contributed by atoms with Crippen LogP contribution in [0.5, 0.6) is 0 Å². The van der Waals surface area contributed by atoms with Gasteiger partial charge < -0.3 is 24.6 Å². The van der Waals surface area contributed by atoms with Gasteiger partial charge in [-0.3, -0.25) is 18.6 Å². The van der Waals surface area contributed by atoms with E-state index >= 15 is 0 Å². The predicted octanol–water partition coefficient (Wildman–Crippen LogP) is 10.8. The number of esters is 2. The van der Waals surface area contributed by atoms with E-state index in [1.54, 1.807) is 0 Å². The van der Waals surface area contributed by atoms with Crippen LogP contribution in [0.4, 0.5) is 0 Å². The monoisotopic (exact) mass is 763 g/mol. The minimum absolute atomic E-state index is 0.177. The van der Waals surface area contributed by atoms with Crippen molar-refractivity contribution in [3.8, 4) is 0 Å². The molecule has 0 bridgehead atoms. The summed E-state index contributed by atoms with van der Waals surface area (Å²) < 4.78 is 32.6. The SMILES string of the molecule is CCCC/C=C/CCCCCCCC(=O)O[C@@H](COC(=O)CCCCCCCCCCCCCCCCCCCC)COP(=O)(O)OC[C@H](O)CO. The van der Waals surface area contributed by atoms with Crippen molar-refractivity contribution in [1.29, 1.82) is 0 Å². The van der Waals surface area contributed by atoms with Crippen LogP contribution in [-0.4, -0.2) is 65.7 Å². The summed E-state index contributed by atoms with van der Waals surface area (Å²) in [6.07, 6.45) is 34.7. The molecule has 0 aliphatic carbocycles. The molecule has 10 nitrogen and oxygen atoms in total. The average molecular weight is 763 g/mol. The first kappa shape index (κ1) is 50.7. The quantitative estimate of drug-likeness (QED) is 0.0238. The number of ether oxygens (including phenoxy) is 2. The third-order valence-corrected chi connectivity index (χ3v) is 10.1. The number of hydrogen-bond donors (Lipinski definition) is 3. The summed E-state index contributed by atoms with van der Waals surface area (Å²) in [5.41, 5.74) is 0. The van der Waals surface area contributed by atoms with Crippen molar-refractivity contribution in [3.05, 3.63) is 12.2 Å². The molecule has 0 aromatic rings. The van der Waals surface area contributed by atoms with E-state index in [4.69, 9.17) is 19.1 Å². The van der Waals surface area contributed by atoms with Crippen molar-refractivity contribution in [2.45, 2.75) is 212 Å². The molecule has 0 fully saturated rings. The maximum atomic E-state index is 12.5. The number of carbonyl (C=O) groups is 2. The highest BCUT2D eigenvalue weighted by Gasteiger charge is 2.27. The number of unbranched alkanes of at least 4 members (excludes halogenated alkanes) is 24. The summed E-state index contributed by atoms with van der Waals surface area (Å²) in [5.74, 6) is -0.927. The number of allylic oxidation sites excluding steroid dienone is 2. The standard InChI is InChI=1S/C41H79O10P/c1-3-5-7-9-11-13-15-16-17-18-19-20-21-23-24-26-28-30-32-40(44)48-36-39(37-50-52(46,47)49-35-38(43)34-42)51-41(45)33-31-29-27-25-22-14-12-10-8-6-4-2/h10,12,38-39,42-43H,3-9,11,13-37H2,1-2H3,(H,46,47)/b12-10+/t38-,39+/m1/s1. The molecule has 0 rings (SSSR count). The van der Waals surface area contributed by atoms with Crippen LogP contribution in [-0.2, 0) is 32.7 Å². The zero-order valence-electron chi connectivity index (χ0n) is 33.3. The van der Waals surface area contributed by atoms with Crippen molar-refractivity contribution in [1.82, 2.24) is 0 Å². The molecular formula is C41H79O10P. The molecule has 308 valence electrons. The highest BCUT2D eigenvalue weighted by Crippen LogP contribution is 2.43. The normalized spacial score (nSPS) is 14.0. The second-order valence-electron chi connectivity index (χ2n) is 14.4. The Labute approximate surface area is 317 Å². The molecule has 0 radical (unpaired) electrons. The van der Waals surface area contributed by atoms with Crippen LogP contribution in [0.3, 0.4) is 0 Å². The van der Waals surface area contributed by atoms with Gasteiger partial charge in [-0.15, -0.1) is 0 Å². The molecule has 0 spiro atoms. The lowest BCUT2D eigenvalue weighted by Gasteiger charge is -2.20. The minimum Gasteiger partial charge on any atom is -0.462 e. The van der Waals surface area contributed by atoms with Crippen LogP contribution >= 0.6 is 7.82 Å². The summed E-state index contributed by atoms with van der Waals surface area (Å²) in [4.78, 5) is 34.9. The fourth-order valence-corrected chi connectivity index (χ4v) is 6.65. The van der Waals surface area contributed by atoms with Gasteiger partial charge in [0, 0.05) is 12.8 Å². The van der Waals surface area contributed by atoms with E-state index in [0.717, 1.165) is 57.8 Å². The van der Waals surface area contributed by atoms with Crippen LogP contribution in [0.1, 0.15) is 200 Å². The lowest BCUT2D eigenvalue weighted by molar-refractivity contribution is -0.161. The Hall–Kier alpha value is -1.29. The van der Waals surface area contributed by atoms with Crippen LogP contribution in [0, 0.1) is 0 Å². The summed E-state index contributed by atoms with van der Waals surface area (Å²) in [6, 6.07) is 0. The van der Waals surface area contributed by atoms with E-state index in [-0.39, 0.29) is 19.4 Å². The highest BCUT2D eigenvalue weighted by molar-refractivity contribution is 7.47. The molecule has 3 atom stereocenters. The molecule has 3 N–H and O–H groups in total. The van der Waals surface area contributed by atoms with E-state index in [9.17, 15) is 24.2 Å². The van der Waals surface area contributed by atoms with Crippen LogP contribution in [0.25, 0.3) is 0 Å². The van der Waals surface area contributed by atoms with Gasteiger partial charge in [0.25, 0.3) is 0 Å². The van der Waals surface area contributed by atoms with Crippen molar-refractivity contribution >= 4 is 19.8 Å². The maximum Gasteiger partial charge on any atom is 0.472 e. The van der Waals surface area contributed by atoms with Gasteiger partial charge in [0.15, 0.2) is 6.10 Å². The molecule has 0 aliphatic rings. The van der Waals surface area contributed by atoms with Gasteiger partial charge in [0.2, 0.25) is 0 Å². The molecule has 0 aromatic carbocycles.